The standard InChI is InChI=1S/C14H7Cl2NO3/c15-10-5-11(16)7-13(6-10)20-14(19)9-1-3-12(4-2-9)17-8-18/h1-7H. The van der Waals surface area contributed by atoms with Gasteiger partial charge in [-0.1, -0.05) is 23.2 Å². The minimum Gasteiger partial charge on any atom is -0.423 e. The smallest absolute Gasteiger partial charge is 0.343 e. The molecule has 6 heteroatoms. The van der Waals surface area contributed by atoms with Crippen molar-refractivity contribution in [3.8, 4) is 5.75 Å². The largest absolute Gasteiger partial charge is 0.423 e. The van der Waals surface area contributed by atoms with E-state index in [1.807, 2.05) is 0 Å². The van der Waals surface area contributed by atoms with E-state index in [-0.39, 0.29) is 5.75 Å². The molecule has 0 unspecified atom stereocenters. The van der Waals surface area contributed by atoms with Crippen molar-refractivity contribution in [1.82, 2.24) is 0 Å². The minimum absolute atomic E-state index is 0.252. The summed E-state index contributed by atoms with van der Waals surface area (Å²) in [5.74, 6) is -0.313. The van der Waals surface area contributed by atoms with Crippen molar-refractivity contribution in [3.63, 3.8) is 0 Å². The number of hydrogen-bond donors (Lipinski definition) is 0. The number of isocyanates is 1. The monoisotopic (exact) mass is 307 g/mol. The Morgan fingerprint density at radius 3 is 2.20 bits per heavy atom. The highest BCUT2D eigenvalue weighted by Gasteiger charge is 2.09. The Balaban J connectivity index is 2.17. The molecular formula is C14H7Cl2NO3. The van der Waals surface area contributed by atoms with E-state index in [4.69, 9.17) is 27.9 Å². The maximum absolute atomic E-state index is 11.9. The highest BCUT2D eigenvalue weighted by Crippen LogP contribution is 2.25. The van der Waals surface area contributed by atoms with Gasteiger partial charge in [0.1, 0.15) is 5.75 Å². The van der Waals surface area contributed by atoms with Crippen LogP contribution in [0.15, 0.2) is 47.5 Å². The minimum atomic E-state index is -0.565. The lowest BCUT2D eigenvalue weighted by molar-refractivity contribution is 0.0735. The molecule has 0 saturated heterocycles. The van der Waals surface area contributed by atoms with Gasteiger partial charge in [0.15, 0.2) is 0 Å². The quantitative estimate of drug-likeness (QED) is 0.370. The van der Waals surface area contributed by atoms with Crippen LogP contribution in [0.4, 0.5) is 5.69 Å². The highest BCUT2D eigenvalue weighted by atomic mass is 35.5. The summed E-state index contributed by atoms with van der Waals surface area (Å²) in [5.41, 5.74) is 0.716. The lowest BCUT2D eigenvalue weighted by Gasteiger charge is -2.05. The third-order valence-electron chi connectivity index (χ3n) is 2.32. The van der Waals surface area contributed by atoms with Gasteiger partial charge in [0.05, 0.1) is 11.3 Å². The normalized spacial score (nSPS) is 9.70. The molecule has 2 rings (SSSR count). The molecular weight excluding hydrogens is 301 g/mol. The second-order valence-electron chi connectivity index (χ2n) is 3.74. The van der Waals surface area contributed by atoms with Crippen LogP contribution in [0.5, 0.6) is 5.75 Å². The van der Waals surface area contributed by atoms with Crippen LogP contribution in [0.3, 0.4) is 0 Å². The number of aliphatic imine (C=N–C) groups is 1. The molecule has 0 heterocycles. The van der Waals surface area contributed by atoms with Crippen molar-refractivity contribution >= 4 is 40.9 Å². The van der Waals surface area contributed by atoms with Gasteiger partial charge >= 0.3 is 5.97 Å². The van der Waals surface area contributed by atoms with Crippen LogP contribution in [0.2, 0.25) is 10.0 Å². The molecule has 0 radical (unpaired) electrons. The predicted octanol–water partition coefficient (Wildman–Crippen LogP) is 4.18. The summed E-state index contributed by atoms with van der Waals surface area (Å²) in [7, 11) is 0. The zero-order chi connectivity index (χ0) is 14.5. The first-order chi connectivity index (χ1) is 9.58. The number of esters is 1. The molecule has 0 spiro atoms. The molecule has 4 nitrogen and oxygen atoms in total. The Hall–Kier alpha value is -2.13. The van der Waals surface area contributed by atoms with E-state index in [9.17, 15) is 9.59 Å². The maximum atomic E-state index is 11.9. The Morgan fingerprint density at radius 2 is 1.65 bits per heavy atom. The van der Waals surface area contributed by atoms with Gasteiger partial charge in [-0.25, -0.2) is 9.59 Å². The molecule has 2 aromatic carbocycles. The molecule has 2 aromatic rings. The maximum Gasteiger partial charge on any atom is 0.343 e. The van der Waals surface area contributed by atoms with E-state index in [1.165, 1.54) is 48.5 Å². The van der Waals surface area contributed by atoms with Crippen LogP contribution in [0.1, 0.15) is 10.4 Å². The van der Waals surface area contributed by atoms with Crippen LogP contribution in [-0.4, -0.2) is 12.0 Å². The van der Waals surface area contributed by atoms with E-state index < -0.39 is 5.97 Å². The van der Waals surface area contributed by atoms with Crippen molar-refractivity contribution in [2.75, 3.05) is 0 Å². The molecule has 100 valence electrons. The van der Waals surface area contributed by atoms with Crippen molar-refractivity contribution in [2.45, 2.75) is 0 Å². The third kappa shape index (κ3) is 3.68. The van der Waals surface area contributed by atoms with Gasteiger partial charge in [-0.2, -0.15) is 4.99 Å². The Kier molecular flexibility index (Phi) is 4.53. The molecule has 0 atom stereocenters. The summed E-state index contributed by atoms with van der Waals surface area (Å²) in [5, 5.41) is 0.743. The summed E-state index contributed by atoms with van der Waals surface area (Å²) >= 11 is 11.6. The number of ether oxygens (including phenoxy) is 1. The summed E-state index contributed by atoms with van der Waals surface area (Å²) in [6.07, 6.45) is 1.41. The average Bonchev–Trinajstić information content (AvgIpc) is 2.38. The summed E-state index contributed by atoms with van der Waals surface area (Å²) in [6.45, 7) is 0. The fourth-order valence-corrected chi connectivity index (χ4v) is 1.98. The number of carbonyl (C=O) groups excluding carboxylic acids is 2. The molecule has 0 fully saturated rings. The molecule has 0 N–H and O–H groups in total. The lowest BCUT2D eigenvalue weighted by atomic mass is 10.2. The second kappa shape index (κ2) is 6.35. The molecule has 0 aliphatic heterocycles. The first-order valence-electron chi connectivity index (χ1n) is 5.45. The zero-order valence-electron chi connectivity index (χ0n) is 9.97. The summed E-state index contributed by atoms with van der Waals surface area (Å²) in [6, 6.07) is 10.5. The zero-order valence-corrected chi connectivity index (χ0v) is 11.5. The molecule has 0 amide bonds. The highest BCUT2D eigenvalue weighted by molar-refractivity contribution is 6.34. The van der Waals surface area contributed by atoms with Crippen LogP contribution in [0, 0.1) is 0 Å². The van der Waals surface area contributed by atoms with Crippen LogP contribution >= 0.6 is 23.2 Å². The molecule has 0 saturated carbocycles. The fraction of sp³-hybridized carbons (Fsp3) is 0. The summed E-state index contributed by atoms with van der Waals surface area (Å²) < 4.78 is 5.15. The first kappa shape index (κ1) is 14.3. The molecule has 20 heavy (non-hydrogen) atoms. The Bertz CT molecular complexity index is 672. The summed E-state index contributed by atoms with van der Waals surface area (Å²) in [4.78, 5) is 25.4. The average molecular weight is 308 g/mol. The number of nitrogens with zero attached hydrogens (tertiary/aromatic N) is 1. The van der Waals surface area contributed by atoms with E-state index in [2.05, 4.69) is 4.99 Å². The number of benzene rings is 2. The van der Waals surface area contributed by atoms with Crippen molar-refractivity contribution in [1.29, 1.82) is 0 Å². The van der Waals surface area contributed by atoms with Gasteiger partial charge in [0, 0.05) is 10.0 Å². The van der Waals surface area contributed by atoms with Crippen LogP contribution < -0.4 is 4.74 Å². The number of carbonyl (C=O) groups is 1. The number of rotatable bonds is 3. The SMILES string of the molecule is O=C=Nc1ccc(C(=O)Oc2cc(Cl)cc(Cl)c2)cc1. The van der Waals surface area contributed by atoms with Gasteiger partial charge in [-0.15, -0.1) is 0 Å². The fourth-order valence-electron chi connectivity index (χ4n) is 1.48. The Labute approximate surface area is 124 Å². The predicted molar refractivity (Wildman–Crippen MR) is 75.6 cm³/mol. The number of hydrogen-bond acceptors (Lipinski definition) is 4. The van der Waals surface area contributed by atoms with Crippen molar-refractivity contribution in [3.05, 3.63) is 58.1 Å². The van der Waals surface area contributed by atoms with Gasteiger partial charge in [-0.05, 0) is 42.5 Å². The van der Waals surface area contributed by atoms with E-state index in [1.54, 1.807) is 0 Å². The van der Waals surface area contributed by atoms with Gasteiger partial charge in [0.25, 0.3) is 0 Å². The number of halogens is 2. The molecule has 0 aliphatic rings. The van der Waals surface area contributed by atoms with Crippen molar-refractivity contribution < 1.29 is 14.3 Å². The molecule has 0 aromatic heterocycles. The van der Waals surface area contributed by atoms with E-state index in [0.29, 0.717) is 21.3 Å². The molecule has 0 aliphatic carbocycles. The van der Waals surface area contributed by atoms with E-state index in [0.717, 1.165) is 0 Å². The van der Waals surface area contributed by atoms with Gasteiger partial charge in [-0.3, -0.25) is 0 Å². The molecule has 0 bridgehead atoms. The van der Waals surface area contributed by atoms with Crippen molar-refractivity contribution in [2.24, 2.45) is 4.99 Å². The third-order valence-corrected chi connectivity index (χ3v) is 2.76. The lowest BCUT2D eigenvalue weighted by Crippen LogP contribution is -2.08. The van der Waals surface area contributed by atoms with E-state index >= 15 is 0 Å². The Morgan fingerprint density at radius 1 is 1.05 bits per heavy atom. The van der Waals surface area contributed by atoms with Crippen LogP contribution in [-0.2, 0) is 4.79 Å². The van der Waals surface area contributed by atoms with Crippen LogP contribution in [0.25, 0.3) is 0 Å². The van der Waals surface area contributed by atoms with Gasteiger partial charge in [0.2, 0.25) is 6.08 Å². The second-order valence-corrected chi connectivity index (χ2v) is 4.62. The van der Waals surface area contributed by atoms with Gasteiger partial charge < -0.3 is 4.74 Å². The first-order valence-corrected chi connectivity index (χ1v) is 6.20. The topological polar surface area (TPSA) is 55.7 Å².